The van der Waals surface area contributed by atoms with Gasteiger partial charge in [-0.2, -0.15) is 0 Å². The number of nitrogens with zero attached hydrogens (tertiary/aromatic N) is 1. The minimum absolute atomic E-state index is 0.100. The Bertz CT molecular complexity index is 684. The summed E-state index contributed by atoms with van der Waals surface area (Å²) in [6, 6.07) is 19.8. The highest BCUT2D eigenvalue weighted by Crippen LogP contribution is 2.24. The number of amides is 1. The summed E-state index contributed by atoms with van der Waals surface area (Å²) in [7, 11) is 0.243. The van der Waals surface area contributed by atoms with Crippen molar-refractivity contribution >= 4 is 24.9 Å². The fourth-order valence-electron chi connectivity index (χ4n) is 3.55. The van der Waals surface area contributed by atoms with Crippen molar-refractivity contribution in [3.63, 3.8) is 0 Å². The second-order valence-electron chi connectivity index (χ2n) is 6.59. The van der Waals surface area contributed by atoms with Gasteiger partial charge in [-0.05, 0) is 30.3 Å². The van der Waals surface area contributed by atoms with Crippen LogP contribution in [0.1, 0.15) is 36.7 Å². The van der Waals surface area contributed by atoms with Crippen molar-refractivity contribution in [3.05, 3.63) is 59.7 Å². The highest BCUT2D eigenvalue weighted by Gasteiger charge is 2.33. The van der Waals surface area contributed by atoms with E-state index >= 15 is 0 Å². The number of para-hydroxylation sites is 1. The van der Waals surface area contributed by atoms with Crippen LogP contribution in [0.4, 0.5) is 5.69 Å². The Morgan fingerprint density at radius 2 is 1.54 bits per heavy atom. The summed E-state index contributed by atoms with van der Waals surface area (Å²) in [6.07, 6.45) is 0. The van der Waals surface area contributed by atoms with Crippen LogP contribution < -0.4 is 10.1 Å². The van der Waals surface area contributed by atoms with Gasteiger partial charge in [-0.3, -0.25) is 4.79 Å². The summed E-state index contributed by atoms with van der Waals surface area (Å²) in [6.45, 7) is 8.99. The van der Waals surface area contributed by atoms with E-state index in [9.17, 15) is 4.79 Å². The number of aryl methyl sites for hydroxylation is 1. The number of hydrogen-bond acceptors (Lipinski definition) is 1. The second kappa shape index (κ2) is 7.80. The fraction of sp³-hybridized carbons (Fsp3) is 0.381. The molecule has 3 heteroatoms. The number of anilines is 1. The summed E-state index contributed by atoms with van der Waals surface area (Å²) in [5.74, 6) is 0.100. The highest BCUT2D eigenvalue weighted by molar-refractivity contribution is 6.92. The minimum Gasteiger partial charge on any atom is -0.311 e. The number of benzene rings is 2. The summed E-state index contributed by atoms with van der Waals surface area (Å²) < 4.78 is 0. The molecule has 0 aliphatic heterocycles. The van der Waals surface area contributed by atoms with E-state index in [-0.39, 0.29) is 5.91 Å². The second-order valence-corrected chi connectivity index (χ2v) is 11.8. The molecule has 128 valence electrons. The SMILES string of the molecule is CC[Si](CC)(CC)c1cc(C)ccc1C(=O)N(C)c1ccccc1. The van der Waals surface area contributed by atoms with Gasteiger partial charge in [-0.25, -0.2) is 0 Å². The molecule has 0 unspecified atom stereocenters. The normalized spacial score (nSPS) is 11.4. The largest absolute Gasteiger partial charge is 0.311 e. The van der Waals surface area contributed by atoms with Crippen molar-refractivity contribution in [2.75, 3.05) is 11.9 Å². The first-order valence-corrected chi connectivity index (χ1v) is 11.6. The molecule has 0 spiro atoms. The first-order valence-electron chi connectivity index (χ1n) is 8.93. The van der Waals surface area contributed by atoms with E-state index in [1.165, 1.54) is 28.9 Å². The van der Waals surface area contributed by atoms with Gasteiger partial charge in [0.05, 0.1) is 8.07 Å². The van der Waals surface area contributed by atoms with Crippen LogP contribution >= 0.6 is 0 Å². The standard InChI is InChI=1S/C21H29NOSi/c1-6-24(7-2,8-3)20-16-17(4)14-15-19(20)21(23)22(5)18-12-10-9-11-13-18/h9-16H,6-8H2,1-5H3. The van der Waals surface area contributed by atoms with Gasteiger partial charge in [0.2, 0.25) is 0 Å². The third kappa shape index (κ3) is 3.46. The van der Waals surface area contributed by atoms with E-state index in [0.29, 0.717) is 0 Å². The summed E-state index contributed by atoms with van der Waals surface area (Å²) >= 11 is 0. The van der Waals surface area contributed by atoms with Gasteiger partial charge in [0.15, 0.2) is 0 Å². The number of carbonyl (C=O) groups is 1. The van der Waals surface area contributed by atoms with Crippen LogP contribution in [-0.4, -0.2) is 21.0 Å². The third-order valence-electron chi connectivity index (χ3n) is 5.46. The van der Waals surface area contributed by atoms with Crippen LogP contribution in [0.2, 0.25) is 18.1 Å². The molecule has 0 saturated heterocycles. The summed E-state index contributed by atoms with van der Waals surface area (Å²) in [5, 5.41) is 1.34. The average Bonchev–Trinajstić information content (AvgIpc) is 2.63. The van der Waals surface area contributed by atoms with Crippen LogP contribution in [0, 0.1) is 6.92 Å². The first kappa shape index (κ1) is 18.5. The lowest BCUT2D eigenvalue weighted by molar-refractivity contribution is 0.0994. The molecule has 0 aromatic heterocycles. The van der Waals surface area contributed by atoms with Crippen LogP contribution in [0.5, 0.6) is 0 Å². The average molecular weight is 340 g/mol. The Balaban J connectivity index is 2.53. The van der Waals surface area contributed by atoms with Crippen molar-refractivity contribution in [2.45, 2.75) is 45.8 Å². The molecule has 0 aliphatic rings. The van der Waals surface area contributed by atoms with Gasteiger partial charge < -0.3 is 4.90 Å². The number of hydrogen-bond donors (Lipinski definition) is 0. The maximum absolute atomic E-state index is 13.2. The molecule has 2 aromatic carbocycles. The molecule has 0 fully saturated rings. The fourth-order valence-corrected chi connectivity index (χ4v) is 7.49. The number of carbonyl (C=O) groups excluding carboxylic acids is 1. The summed E-state index contributed by atoms with van der Waals surface area (Å²) in [5.41, 5.74) is 3.08. The van der Waals surface area contributed by atoms with Crippen molar-refractivity contribution in [1.82, 2.24) is 0 Å². The van der Waals surface area contributed by atoms with Gasteiger partial charge in [-0.15, -0.1) is 0 Å². The quantitative estimate of drug-likeness (QED) is 0.679. The Hall–Kier alpha value is -1.87. The van der Waals surface area contributed by atoms with Crippen LogP contribution in [0.3, 0.4) is 0 Å². The Kier molecular flexibility index (Phi) is 6.00. The van der Waals surface area contributed by atoms with Crippen molar-refractivity contribution < 1.29 is 4.79 Å². The molecule has 2 aromatic rings. The zero-order valence-electron chi connectivity index (χ0n) is 15.6. The first-order chi connectivity index (χ1) is 11.5. The molecule has 0 saturated carbocycles. The summed E-state index contributed by atoms with van der Waals surface area (Å²) in [4.78, 5) is 15.0. The molecular formula is C21H29NOSi. The van der Waals surface area contributed by atoms with Crippen molar-refractivity contribution in [1.29, 1.82) is 0 Å². The van der Waals surface area contributed by atoms with E-state index in [1.807, 2.05) is 43.4 Å². The van der Waals surface area contributed by atoms with Gasteiger partial charge in [0.25, 0.3) is 5.91 Å². The smallest absolute Gasteiger partial charge is 0.257 e. The monoisotopic (exact) mass is 339 g/mol. The Labute approximate surface area is 147 Å². The van der Waals surface area contributed by atoms with E-state index in [0.717, 1.165) is 11.3 Å². The molecule has 0 radical (unpaired) electrons. The molecule has 2 nitrogen and oxygen atoms in total. The Morgan fingerprint density at radius 3 is 2.08 bits per heavy atom. The highest BCUT2D eigenvalue weighted by atomic mass is 28.3. The van der Waals surface area contributed by atoms with E-state index < -0.39 is 8.07 Å². The van der Waals surface area contributed by atoms with Gasteiger partial charge in [0.1, 0.15) is 0 Å². The van der Waals surface area contributed by atoms with Gasteiger partial charge in [0, 0.05) is 18.3 Å². The zero-order chi connectivity index (χ0) is 17.7. The Morgan fingerprint density at radius 1 is 0.958 bits per heavy atom. The van der Waals surface area contributed by atoms with Crippen molar-refractivity contribution in [3.8, 4) is 0 Å². The lowest BCUT2D eigenvalue weighted by atomic mass is 10.1. The zero-order valence-corrected chi connectivity index (χ0v) is 16.6. The van der Waals surface area contributed by atoms with E-state index in [4.69, 9.17) is 0 Å². The molecule has 2 rings (SSSR count). The van der Waals surface area contributed by atoms with E-state index in [1.54, 1.807) is 4.90 Å². The molecule has 0 N–H and O–H groups in total. The molecule has 0 aliphatic carbocycles. The molecule has 24 heavy (non-hydrogen) atoms. The van der Waals surface area contributed by atoms with Gasteiger partial charge >= 0.3 is 0 Å². The van der Waals surface area contributed by atoms with Gasteiger partial charge in [-0.1, -0.05) is 74.8 Å². The molecule has 0 bridgehead atoms. The molecule has 0 heterocycles. The molecular weight excluding hydrogens is 310 g/mol. The van der Waals surface area contributed by atoms with Crippen LogP contribution in [-0.2, 0) is 0 Å². The lowest BCUT2D eigenvalue weighted by Gasteiger charge is -2.32. The predicted molar refractivity (Wildman–Crippen MR) is 107 cm³/mol. The number of rotatable bonds is 6. The lowest BCUT2D eigenvalue weighted by Crippen LogP contribution is -2.49. The van der Waals surface area contributed by atoms with Crippen LogP contribution in [0.15, 0.2) is 48.5 Å². The van der Waals surface area contributed by atoms with Crippen LogP contribution in [0.25, 0.3) is 0 Å². The minimum atomic E-state index is -1.63. The third-order valence-corrected chi connectivity index (χ3v) is 11.1. The maximum atomic E-state index is 13.2. The van der Waals surface area contributed by atoms with E-state index in [2.05, 4.69) is 39.8 Å². The molecule has 1 amide bonds. The topological polar surface area (TPSA) is 20.3 Å². The maximum Gasteiger partial charge on any atom is 0.257 e. The molecule has 0 atom stereocenters. The predicted octanol–water partition coefficient (Wildman–Crippen LogP) is 4.99. The van der Waals surface area contributed by atoms with Crippen molar-refractivity contribution in [2.24, 2.45) is 0 Å².